The van der Waals surface area contributed by atoms with Crippen LogP contribution >= 0.6 is 11.6 Å². The van der Waals surface area contributed by atoms with E-state index in [0.717, 1.165) is 0 Å². The fourth-order valence-electron chi connectivity index (χ4n) is 3.73. The number of carbonyl (C=O) groups is 2. The number of anilines is 2. The first kappa shape index (κ1) is 26.7. The molecule has 1 atom stereocenters. The van der Waals surface area contributed by atoms with Crippen LogP contribution in [0.15, 0.2) is 79.3 Å². The zero-order chi connectivity index (χ0) is 27.1. The summed E-state index contributed by atoms with van der Waals surface area (Å²) < 4.78 is 0. The molecule has 0 fully saturated rings. The smallest absolute Gasteiger partial charge is 0.255 e. The Morgan fingerprint density at radius 3 is 2.53 bits per heavy atom. The largest absolute Gasteiger partial charge is 0.388 e. The van der Waals surface area contributed by atoms with Crippen LogP contribution in [0.25, 0.3) is 11.3 Å². The summed E-state index contributed by atoms with van der Waals surface area (Å²) in [4.78, 5) is 40.0. The molecular weight excluding hydrogens is 504 g/mol. The maximum Gasteiger partial charge on any atom is 0.255 e. The predicted molar refractivity (Wildman–Crippen MR) is 147 cm³/mol. The number of nitrogens with zero attached hydrogens (tertiary/aromatic N) is 4. The summed E-state index contributed by atoms with van der Waals surface area (Å²) >= 11 is 6.39. The van der Waals surface area contributed by atoms with E-state index in [4.69, 9.17) is 11.6 Å². The number of rotatable bonds is 9. The van der Waals surface area contributed by atoms with Gasteiger partial charge in [0, 0.05) is 61.1 Å². The quantitative estimate of drug-likeness (QED) is 0.294. The van der Waals surface area contributed by atoms with Crippen LogP contribution in [-0.2, 0) is 0 Å². The zero-order valence-electron chi connectivity index (χ0n) is 20.9. The Kier molecular flexibility index (Phi) is 8.62. The summed E-state index contributed by atoms with van der Waals surface area (Å²) in [5, 5.41) is 16.8. The third kappa shape index (κ3) is 6.50. The molecule has 38 heavy (non-hydrogen) atoms. The highest BCUT2D eigenvalue weighted by Gasteiger charge is 2.19. The number of pyridine rings is 1. The highest BCUT2D eigenvalue weighted by molar-refractivity contribution is 6.33. The van der Waals surface area contributed by atoms with Crippen molar-refractivity contribution in [2.75, 3.05) is 30.9 Å². The molecule has 194 valence electrons. The van der Waals surface area contributed by atoms with E-state index < -0.39 is 6.10 Å². The molecule has 2 aromatic carbocycles. The lowest BCUT2D eigenvalue weighted by atomic mass is 10.0. The van der Waals surface area contributed by atoms with Gasteiger partial charge in [-0.3, -0.25) is 14.6 Å². The fraction of sp³-hybridized carbons (Fsp3) is 0.179. The normalized spacial score (nSPS) is 11.5. The molecule has 0 saturated carbocycles. The lowest BCUT2D eigenvalue weighted by molar-refractivity contribution is 0.0941. The number of nitrogens with one attached hydrogen (secondary N) is 2. The monoisotopic (exact) mass is 530 g/mol. The van der Waals surface area contributed by atoms with Gasteiger partial charge in [-0.15, -0.1) is 0 Å². The second-order valence-electron chi connectivity index (χ2n) is 8.68. The van der Waals surface area contributed by atoms with Crippen LogP contribution in [0, 0.1) is 0 Å². The molecule has 10 heteroatoms. The average molecular weight is 531 g/mol. The SMILES string of the molecule is CN(C)c1ncc(C(=O)NCCC(O)c2cccc(NC(=O)c3ccncc3)c2)c(-c2ccccc2Cl)n1. The van der Waals surface area contributed by atoms with Gasteiger partial charge >= 0.3 is 0 Å². The molecule has 0 radical (unpaired) electrons. The standard InChI is InChI=1S/C28H27ClN6O3/c1-35(2)28-32-17-22(25(34-28)21-8-3-4-9-23(21)29)27(38)31-15-12-24(36)19-6-5-7-20(16-19)33-26(37)18-10-13-30-14-11-18/h3-11,13-14,16-17,24,36H,12,15H2,1-2H3,(H,31,38)(H,33,37). The van der Waals surface area contributed by atoms with Crippen molar-refractivity contribution in [2.45, 2.75) is 12.5 Å². The predicted octanol–water partition coefficient (Wildman–Crippen LogP) is 4.36. The number of aliphatic hydroxyl groups excluding tert-OH is 1. The van der Waals surface area contributed by atoms with Crippen molar-refractivity contribution >= 4 is 35.1 Å². The minimum atomic E-state index is -0.858. The molecule has 4 aromatic rings. The molecular formula is C28H27ClN6O3. The number of amides is 2. The van der Waals surface area contributed by atoms with E-state index in [1.807, 2.05) is 20.2 Å². The molecule has 0 aliphatic heterocycles. The van der Waals surface area contributed by atoms with E-state index >= 15 is 0 Å². The van der Waals surface area contributed by atoms with E-state index in [0.29, 0.717) is 39.0 Å². The van der Waals surface area contributed by atoms with Crippen molar-refractivity contribution in [2.24, 2.45) is 0 Å². The van der Waals surface area contributed by atoms with Gasteiger partial charge in [0.15, 0.2) is 0 Å². The highest BCUT2D eigenvalue weighted by Crippen LogP contribution is 2.29. The first-order valence-corrected chi connectivity index (χ1v) is 12.3. The first-order valence-electron chi connectivity index (χ1n) is 11.9. The number of aromatic nitrogens is 3. The van der Waals surface area contributed by atoms with Gasteiger partial charge < -0.3 is 20.6 Å². The van der Waals surface area contributed by atoms with E-state index in [9.17, 15) is 14.7 Å². The average Bonchev–Trinajstić information content (AvgIpc) is 2.93. The molecule has 2 aromatic heterocycles. The maximum absolute atomic E-state index is 13.1. The van der Waals surface area contributed by atoms with Crippen LogP contribution in [0.5, 0.6) is 0 Å². The van der Waals surface area contributed by atoms with Gasteiger partial charge in [0.05, 0.1) is 17.4 Å². The Hall–Kier alpha value is -4.34. The number of hydrogen-bond donors (Lipinski definition) is 3. The van der Waals surface area contributed by atoms with Gasteiger partial charge in [-0.1, -0.05) is 41.9 Å². The van der Waals surface area contributed by atoms with Crippen molar-refractivity contribution < 1.29 is 14.7 Å². The number of hydrogen-bond acceptors (Lipinski definition) is 7. The molecule has 0 aliphatic rings. The summed E-state index contributed by atoms with van der Waals surface area (Å²) in [6.07, 6.45) is 3.96. The van der Waals surface area contributed by atoms with E-state index in [2.05, 4.69) is 25.6 Å². The third-order valence-electron chi connectivity index (χ3n) is 5.72. The molecule has 0 aliphatic carbocycles. The van der Waals surface area contributed by atoms with Crippen LogP contribution in [0.3, 0.4) is 0 Å². The van der Waals surface area contributed by atoms with Gasteiger partial charge in [0.1, 0.15) is 0 Å². The third-order valence-corrected chi connectivity index (χ3v) is 6.05. The molecule has 9 nitrogen and oxygen atoms in total. The second-order valence-corrected chi connectivity index (χ2v) is 9.09. The van der Waals surface area contributed by atoms with Gasteiger partial charge in [-0.2, -0.15) is 0 Å². The molecule has 4 rings (SSSR count). The van der Waals surface area contributed by atoms with Gasteiger partial charge in [-0.05, 0) is 42.3 Å². The summed E-state index contributed by atoms with van der Waals surface area (Å²) in [7, 11) is 3.62. The van der Waals surface area contributed by atoms with Crippen molar-refractivity contribution in [3.8, 4) is 11.3 Å². The van der Waals surface area contributed by atoms with Gasteiger partial charge in [0.25, 0.3) is 11.8 Å². The van der Waals surface area contributed by atoms with Gasteiger partial charge in [-0.25, -0.2) is 9.97 Å². The van der Waals surface area contributed by atoms with Crippen LogP contribution in [-0.4, -0.2) is 52.5 Å². The Labute approximate surface area is 225 Å². The van der Waals surface area contributed by atoms with Crippen LogP contribution in [0.4, 0.5) is 11.6 Å². The number of halogens is 1. The van der Waals surface area contributed by atoms with E-state index in [-0.39, 0.29) is 30.3 Å². The number of aliphatic hydroxyl groups is 1. The van der Waals surface area contributed by atoms with Crippen molar-refractivity contribution in [1.29, 1.82) is 0 Å². The van der Waals surface area contributed by atoms with Crippen molar-refractivity contribution in [3.63, 3.8) is 0 Å². The first-order chi connectivity index (χ1) is 18.3. The Morgan fingerprint density at radius 1 is 1.03 bits per heavy atom. The lowest BCUT2D eigenvalue weighted by Crippen LogP contribution is -2.27. The second kappa shape index (κ2) is 12.3. The van der Waals surface area contributed by atoms with Crippen LogP contribution < -0.4 is 15.5 Å². The van der Waals surface area contributed by atoms with E-state index in [1.54, 1.807) is 71.9 Å². The topological polar surface area (TPSA) is 120 Å². The Balaban J connectivity index is 1.42. The Bertz CT molecular complexity index is 1430. The summed E-state index contributed by atoms with van der Waals surface area (Å²) in [5.41, 5.74) is 2.96. The summed E-state index contributed by atoms with van der Waals surface area (Å²) in [6.45, 7) is 0.199. The maximum atomic E-state index is 13.1. The molecule has 0 spiro atoms. The molecule has 2 amide bonds. The number of carbonyl (C=O) groups excluding carboxylic acids is 2. The molecule has 0 bridgehead atoms. The Morgan fingerprint density at radius 2 is 1.79 bits per heavy atom. The lowest BCUT2D eigenvalue weighted by Gasteiger charge is -2.16. The molecule has 0 saturated heterocycles. The molecule has 2 heterocycles. The summed E-state index contributed by atoms with van der Waals surface area (Å²) in [5.74, 6) is -0.207. The minimum Gasteiger partial charge on any atom is -0.388 e. The number of benzene rings is 2. The molecule has 3 N–H and O–H groups in total. The molecule has 1 unspecified atom stereocenters. The highest BCUT2D eigenvalue weighted by atomic mass is 35.5. The minimum absolute atomic E-state index is 0.199. The summed E-state index contributed by atoms with van der Waals surface area (Å²) in [6, 6.07) is 17.4. The van der Waals surface area contributed by atoms with Crippen LogP contribution in [0.1, 0.15) is 38.8 Å². The van der Waals surface area contributed by atoms with E-state index in [1.165, 1.54) is 6.20 Å². The zero-order valence-corrected chi connectivity index (χ0v) is 21.7. The fourth-order valence-corrected chi connectivity index (χ4v) is 3.95. The van der Waals surface area contributed by atoms with Crippen LogP contribution in [0.2, 0.25) is 5.02 Å². The van der Waals surface area contributed by atoms with Crippen molar-refractivity contribution in [1.82, 2.24) is 20.3 Å². The van der Waals surface area contributed by atoms with Crippen molar-refractivity contribution in [3.05, 3.63) is 101 Å². The van der Waals surface area contributed by atoms with Gasteiger partial charge in [0.2, 0.25) is 5.95 Å².